The fraction of sp³-hybridized carbons (Fsp3) is 0.111. The van der Waals surface area contributed by atoms with E-state index in [1.807, 2.05) is 34.9 Å². The fourth-order valence-corrected chi connectivity index (χ4v) is 2.37. The van der Waals surface area contributed by atoms with E-state index in [2.05, 4.69) is 6.07 Å². The Hall–Kier alpha value is -2.19. The van der Waals surface area contributed by atoms with Crippen LogP contribution in [-0.4, -0.2) is 17.1 Å². The van der Waals surface area contributed by atoms with Gasteiger partial charge in [0, 0.05) is 32.9 Å². The summed E-state index contributed by atoms with van der Waals surface area (Å²) in [7, 11) is 0. The molecule has 0 amide bonds. The number of aromatic nitrogens is 1. The number of hydrogen-bond donors (Lipinski definition) is 0. The molecule has 23 heavy (non-hydrogen) atoms. The molecular weight excluding hydrogens is 462 g/mol. The third kappa shape index (κ3) is 3.27. The van der Waals surface area contributed by atoms with Crippen molar-refractivity contribution in [1.29, 1.82) is 0 Å². The number of rotatable bonds is 3. The quantitative estimate of drug-likeness (QED) is 0.432. The van der Waals surface area contributed by atoms with Crippen LogP contribution >= 0.6 is 0 Å². The molecule has 0 aliphatic carbocycles. The van der Waals surface area contributed by atoms with Crippen molar-refractivity contribution in [2.75, 3.05) is 6.61 Å². The van der Waals surface area contributed by atoms with E-state index in [-0.39, 0.29) is 38.7 Å². The van der Waals surface area contributed by atoms with E-state index in [0.717, 1.165) is 11.2 Å². The van der Waals surface area contributed by atoms with Crippen molar-refractivity contribution in [3.63, 3.8) is 0 Å². The predicted molar refractivity (Wildman–Crippen MR) is 84.3 cm³/mol. The molecule has 0 bridgehead atoms. The molecule has 1 aromatic heterocycles. The van der Waals surface area contributed by atoms with Crippen LogP contribution in [0.3, 0.4) is 0 Å². The number of hydrogen-bond acceptors (Lipinski definition) is 3. The maximum Gasteiger partial charge on any atom is 0.342 e. The van der Waals surface area contributed by atoms with Gasteiger partial charge >= 0.3 is 5.97 Å². The zero-order valence-corrected chi connectivity index (χ0v) is 15.4. The predicted octanol–water partition coefficient (Wildman–Crippen LogP) is 2.97. The Morgan fingerprint density at radius 3 is 2.65 bits per heavy atom. The molecule has 0 N–H and O–H groups in total. The van der Waals surface area contributed by atoms with Gasteiger partial charge in [0.15, 0.2) is 0 Å². The van der Waals surface area contributed by atoms with E-state index >= 15 is 0 Å². The first kappa shape index (κ1) is 17.2. The average molecular weight is 476 g/mol. The number of carbonyl (C=O) groups excluding carboxylic acids is 1. The van der Waals surface area contributed by atoms with Crippen LogP contribution in [0.2, 0.25) is 0 Å². The maximum absolute atomic E-state index is 12.5. The van der Waals surface area contributed by atoms with Gasteiger partial charge in [-0.1, -0.05) is 29.1 Å². The van der Waals surface area contributed by atoms with Crippen LogP contribution in [-0.2, 0) is 25.8 Å². The minimum absolute atomic E-state index is 0. The van der Waals surface area contributed by atoms with Gasteiger partial charge < -0.3 is 14.1 Å². The SMILES string of the molecule is CCOC(=O)c1cn(-c2ccccc2)c2cc[c-]cc2c1=O.[W]. The Morgan fingerprint density at radius 1 is 1.22 bits per heavy atom. The van der Waals surface area contributed by atoms with Crippen molar-refractivity contribution in [2.45, 2.75) is 6.92 Å². The summed E-state index contributed by atoms with van der Waals surface area (Å²) >= 11 is 0. The van der Waals surface area contributed by atoms with Crippen LogP contribution in [0.5, 0.6) is 0 Å². The summed E-state index contributed by atoms with van der Waals surface area (Å²) in [6.45, 7) is 1.94. The molecule has 0 radical (unpaired) electrons. The molecule has 0 aliphatic heterocycles. The van der Waals surface area contributed by atoms with Crippen LogP contribution in [0.25, 0.3) is 16.6 Å². The number of ether oxygens (including phenoxy) is 1. The molecule has 0 fully saturated rings. The van der Waals surface area contributed by atoms with E-state index in [0.29, 0.717) is 5.39 Å². The Bertz CT molecular complexity index is 888. The maximum atomic E-state index is 12.5. The Labute approximate surface area is 148 Å². The summed E-state index contributed by atoms with van der Waals surface area (Å²) in [6.07, 6.45) is 1.54. The molecule has 0 saturated carbocycles. The van der Waals surface area contributed by atoms with E-state index in [1.165, 1.54) is 6.20 Å². The molecule has 0 aliphatic rings. The van der Waals surface area contributed by atoms with Gasteiger partial charge in [-0.05, 0) is 19.1 Å². The Kier molecular flexibility index (Phi) is 5.51. The monoisotopic (exact) mass is 476 g/mol. The number of benzene rings is 2. The number of pyridine rings is 1. The number of fused-ring (bicyclic) bond motifs is 1. The van der Waals surface area contributed by atoms with Crippen LogP contribution in [0, 0.1) is 6.07 Å². The first-order chi connectivity index (χ1) is 10.7. The molecule has 0 spiro atoms. The second-order valence-electron chi connectivity index (χ2n) is 4.74. The topological polar surface area (TPSA) is 48.3 Å². The van der Waals surface area contributed by atoms with Gasteiger partial charge in [-0.2, -0.15) is 18.2 Å². The Balaban J connectivity index is 0.00000192. The summed E-state index contributed by atoms with van der Waals surface area (Å²) < 4.78 is 6.80. The van der Waals surface area contributed by atoms with Crippen LogP contribution < -0.4 is 5.43 Å². The van der Waals surface area contributed by atoms with Crippen molar-refractivity contribution >= 4 is 16.9 Å². The van der Waals surface area contributed by atoms with E-state index in [9.17, 15) is 9.59 Å². The largest absolute Gasteiger partial charge is 0.462 e. The number of nitrogens with zero attached hydrogens (tertiary/aromatic N) is 1. The molecular formula is C18H14NO3W-. The molecule has 116 valence electrons. The summed E-state index contributed by atoms with van der Waals surface area (Å²) in [6, 6.07) is 17.6. The van der Waals surface area contributed by atoms with Crippen LogP contribution in [0.4, 0.5) is 0 Å². The van der Waals surface area contributed by atoms with E-state index < -0.39 is 5.97 Å². The third-order valence-electron chi connectivity index (χ3n) is 3.38. The number of para-hydroxylation sites is 1. The first-order valence-electron chi connectivity index (χ1n) is 7.00. The molecule has 2 aromatic carbocycles. The Morgan fingerprint density at radius 2 is 1.96 bits per heavy atom. The van der Waals surface area contributed by atoms with Gasteiger partial charge in [0.25, 0.3) is 0 Å². The molecule has 3 aromatic rings. The summed E-state index contributed by atoms with van der Waals surface area (Å²) in [5, 5.41) is 0.442. The molecule has 0 unspecified atom stereocenters. The molecule has 3 rings (SSSR count). The number of esters is 1. The van der Waals surface area contributed by atoms with E-state index in [4.69, 9.17) is 4.74 Å². The minimum Gasteiger partial charge on any atom is -0.462 e. The van der Waals surface area contributed by atoms with Gasteiger partial charge in [0.1, 0.15) is 11.0 Å². The van der Waals surface area contributed by atoms with Crippen molar-refractivity contribution in [1.82, 2.24) is 4.57 Å². The van der Waals surface area contributed by atoms with E-state index in [1.54, 1.807) is 25.1 Å². The van der Waals surface area contributed by atoms with Crippen LogP contribution in [0.15, 0.2) is 59.5 Å². The minimum atomic E-state index is -0.608. The molecule has 0 atom stereocenters. The van der Waals surface area contributed by atoms with Gasteiger partial charge in [-0.25, -0.2) is 4.79 Å². The van der Waals surface area contributed by atoms with Gasteiger partial charge in [0.05, 0.1) is 6.61 Å². The van der Waals surface area contributed by atoms with Crippen molar-refractivity contribution < 1.29 is 30.6 Å². The van der Waals surface area contributed by atoms with Gasteiger partial charge in [-0.3, -0.25) is 0 Å². The second kappa shape index (κ2) is 7.38. The summed E-state index contributed by atoms with van der Waals surface area (Å²) in [5.41, 5.74) is 1.28. The molecule has 4 nitrogen and oxygen atoms in total. The zero-order valence-electron chi connectivity index (χ0n) is 12.5. The normalized spacial score (nSPS) is 10.1. The van der Waals surface area contributed by atoms with Crippen LogP contribution in [0.1, 0.15) is 17.3 Å². The first-order valence-corrected chi connectivity index (χ1v) is 7.00. The zero-order chi connectivity index (χ0) is 15.5. The standard InChI is InChI=1S/C18H14NO3.W/c1-2-22-18(21)15-12-19(13-8-4-3-5-9-13)16-11-7-6-10-14(16)17(15)20;/h3-5,7-12H,2H2,1H3;/q-1;. The summed E-state index contributed by atoms with van der Waals surface area (Å²) in [4.78, 5) is 24.5. The smallest absolute Gasteiger partial charge is 0.342 e. The second-order valence-corrected chi connectivity index (χ2v) is 4.74. The molecule has 1 heterocycles. The van der Waals surface area contributed by atoms with Gasteiger partial charge in [0.2, 0.25) is 0 Å². The molecule has 5 heteroatoms. The van der Waals surface area contributed by atoms with Gasteiger partial charge in [-0.15, -0.1) is 6.07 Å². The average Bonchev–Trinajstić information content (AvgIpc) is 2.56. The van der Waals surface area contributed by atoms with Crippen molar-refractivity contribution in [3.05, 3.63) is 76.6 Å². The van der Waals surface area contributed by atoms with Crippen molar-refractivity contribution in [3.8, 4) is 5.69 Å². The van der Waals surface area contributed by atoms with Crippen molar-refractivity contribution in [2.24, 2.45) is 0 Å². The molecule has 0 saturated heterocycles. The number of carbonyl (C=O) groups is 1. The third-order valence-corrected chi connectivity index (χ3v) is 3.38. The fourth-order valence-electron chi connectivity index (χ4n) is 2.37. The summed E-state index contributed by atoms with van der Waals surface area (Å²) in [5.74, 6) is -0.608.